The third kappa shape index (κ3) is 4.45. The first-order chi connectivity index (χ1) is 14.8. The Balaban J connectivity index is 1.56. The molecule has 3 aromatic heterocycles. The lowest BCUT2D eigenvalue weighted by Crippen LogP contribution is -2.37. The number of nitrogens with one attached hydrogen (secondary N) is 3. The molecule has 152 valence electrons. The second-order valence-corrected chi connectivity index (χ2v) is 6.84. The molecule has 0 radical (unpaired) electrons. The second-order valence-electron chi connectivity index (χ2n) is 6.84. The van der Waals surface area contributed by atoms with Crippen molar-refractivity contribution in [2.75, 3.05) is 30.8 Å². The molecule has 1 saturated heterocycles. The van der Waals surface area contributed by atoms with E-state index < -0.39 is 0 Å². The van der Waals surface area contributed by atoms with Gasteiger partial charge in [-0.3, -0.25) is 4.98 Å². The molecule has 0 bridgehead atoms. The second kappa shape index (κ2) is 9.15. The fraction of sp³-hybridized carbons (Fsp3) is 0.286. The van der Waals surface area contributed by atoms with Crippen molar-refractivity contribution in [2.45, 2.75) is 18.9 Å². The van der Waals surface area contributed by atoms with Crippen LogP contribution in [0.25, 0.3) is 11.1 Å². The van der Waals surface area contributed by atoms with Crippen molar-refractivity contribution < 1.29 is 4.74 Å². The normalized spacial score (nSPS) is 15.8. The molecule has 1 aliphatic rings. The third-order valence-electron chi connectivity index (χ3n) is 4.78. The number of hydrogen-bond acceptors (Lipinski definition) is 9. The van der Waals surface area contributed by atoms with Gasteiger partial charge in [0.25, 0.3) is 0 Å². The number of piperidine rings is 1. The molecule has 0 aliphatic carbocycles. The van der Waals surface area contributed by atoms with Gasteiger partial charge in [0.1, 0.15) is 18.0 Å². The van der Waals surface area contributed by atoms with E-state index >= 15 is 0 Å². The lowest BCUT2D eigenvalue weighted by Gasteiger charge is -2.24. The molecule has 1 fully saturated rings. The molecule has 9 heteroatoms. The van der Waals surface area contributed by atoms with Crippen molar-refractivity contribution in [1.29, 1.82) is 5.26 Å². The maximum Gasteiger partial charge on any atom is 0.229 e. The van der Waals surface area contributed by atoms with Crippen LogP contribution in [0, 0.1) is 11.3 Å². The molecule has 0 spiro atoms. The SMILES string of the molecule is CNc1nc(Nc2cnc(C#N)c(OC3CCCNC3)c2)ncc1-c1ccncc1. The van der Waals surface area contributed by atoms with E-state index in [1.807, 2.05) is 19.2 Å². The third-order valence-corrected chi connectivity index (χ3v) is 4.78. The Kier molecular flexibility index (Phi) is 5.96. The largest absolute Gasteiger partial charge is 0.486 e. The quantitative estimate of drug-likeness (QED) is 0.571. The maximum atomic E-state index is 9.37. The van der Waals surface area contributed by atoms with Crippen molar-refractivity contribution in [3.8, 4) is 22.9 Å². The Hall–Kier alpha value is -3.77. The van der Waals surface area contributed by atoms with Crippen LogP contribution in [0.15, 0.2) is 43.0 Å². The predicted molar refractivity (Wildman–Crippen MR) is 114 cm³/mol. The minimum Gasteiger partial charge on any atom is -0.486 e. The molecule has 1 atom stereocenters. The number of anilines is 3. The van der Waals surface area contributed by atoms with Crippen molar-refractivity contribution in [3.63, 3.8) is 0 Å². The highest BCUT2D eigenvalue weighted by Gasteiger charge is 2.17. The van der Waals surface area contributed by atoms with Crippen LogP contribution in [0.3, 0.4) is 0 Å². The zero-order valence-corrected chi connectivity index (χ0v) is 16.6. The molecule has 1 unspecified atom stereocenters. The standard InChI is InChI=1S/C21H22N8O/c1-23-20-17(14-4-7-24-8-5-14)13-27-21(29-20)28-15-9-19(18(10-22)26-11-15)30-16-3-2-6-25-12-16/h4-5,7-9,11,13,16,25H,2-3,6,12H2,1H3,(H2,23,27,28,29). The molecule has 0 saturated carbocycles. The lowest BCUT2D eigenvalue weighted by molar-refractivity contribution is 0.166. The molecule has 4 heterocycles. The van der Waals surface area contributed by atoms with Gasteiger partial charge in [-0.25, -0.2) is 9.97 Å². The van der Waals surface area contributed by atoms with Gasteiger partial charge in [-0.15, -0.1) is 0 Å². The summed E-state index contributed by atoms with van der Waals surface area (Å²) >= 11 is 0. The van der Waals surface area contributed by atoms with Gasteiger partial charge >= 0.3 is 0 Å². The monoisotopic (exact) mass is 402 g/mol. The van der Waals surface area contributed by atoms with Crippen LogP contribution in [0.2, 0.25) is 0 Å². The number of pyridine rings is 2. The summed E-state index contributed by atoms with van der Waals surface area (Å²) in [5.74, 6) is 1.55. The summed E-state index contributed by atoms with van der Waals surface area (Å²) in [5.41, 5.74) is 2.75. The minimum atomic E-state index is 0.0229. The molecular formula is C21H22N8O. The predicted octanol–water partition coefficient (Wildman–Crippen LogP) is 2.72. The number of aromatic nitrogens is 4. The van der Waals surface area contributed by atoms with Crippen LogP contribution in [-0.4, -0.2) is 46.2 Å². The van der Waals surface area contributed by atoms with Crippen molar-refractivity contribution in [1.82, 2.24) is 25.3 Å². The summed E-state index contributed by atoms with van der Waals surface area (Å²) in [6, 6.07) is 7.66. The Morgan fingerprint density at radius 2 is 2.10 bits per heavy atom. The summed E-state index contributed by atoms with van der Waals surface area (Å²) < 4.78 is 6.03. The maximum absolute atomic E-state index is 9.37. The fourth-order valence-corrected chi connectivity index (χ4v) is 3.29. The van der Waals surface area contributed by atoms with Crippen molar-refractivity contribution >= 4 is 17.5 Å². The Morgan fingerprint density at radius 1 is 1.23 bits per heavy atom. The average Bonchev–Trinajstić information content (AvgIpc) is 2.80. The molecule has 1 aliphatic heterocycles. The first-order valence-electron chi connectivity index (χ1n) is 9.76. The number of hydrogen-bond donors (Lipinski definition) is 3. The van der Waals surface area contributed by atoms with Gasteiger partial charge in [-0.1, -0.05) is 0 Å². The highest BCUT2D eigenvalue weighted by Crippen LogP contribution is 2.28. The van der Waals surface area contributed by atoms with Crippen LogP contribution >= 0.6 is 0 Å². The lowest BCUT2D eigenvalue weighted by atomic mass is 10.1. The van der Waals surface area contributed by atoms with Gasteiger partial charge in [0.2, 0.25) is 5.95 Å². The van der Waals surface area contributed by atoms with E-state index in [4.69, 9.17) is 4.74 Å². The van der Waals surface area contributed by atoms with Crippen LogP contribution in [0.4, 0.5) is 17.5 Å². The average molecular weight is 402 g/mol. The van der Waals surface area contributed by atoms with E-state index in [-0.39, 0.29) is 11.8 Å². The summed E-state index contributed by atoms with van der Waals surface area (Å²) in [6.45, 7) is 1.75. The van der Waals surface area contributed by atoms with Gasteiger partial charge in [-0.05, 0) is 37.1 Å². The molecule has 30 heavy (non-hydrogen) atoms. The summed E-state index contributed by atoms with van der Waals surface area (Å²) in [5, 5.41) is 18.9. The molecule has 3 aromatic rings. The van der Waals surface area contributed by atoms with E-state index in [9.17, 15) is 5.26 Å². The smallest absolute Gasteiger partial charge is 0.229 e. The van der Waals surface area contributed by atoms with Gasteiger partial charge in [0, 0.05) is 43.8 Å². The first kappa shape index (κ1) is 19.5. The zero-order chi connectivity index (χ0) is 20.8. The van der Waals surface area contributed by atoms with E-state index in [1.54, 1.807) is 30.9 Å². The van der Waals surface area contributed by atoms with Gasteiger partial charge < -0.3 is 20.7 Å². The zero-order valence-electron chi connectivity index (χ0n) is 16.6. The van der Waals surface area contributed by atoms with Crippen LogP contribution in [0.5, 0.6) is 5.75 Å². The molecule has 3 N–H and O–H groups in total. The molecule has 0 aromatic carbocycles. The Morgan fingerprint density at radius 3 is 2.83 bits per heavy atom. The number of nitrogens with zero attached hydrogens (tertiary/aromatic N) is 5. The van der Waals surface area contributed by atoms with E-state index in [0.29, 0.717) is 23.2 Å². The molecule has 0 amide bonds. The van der Waals surface area contributed by atoms with Crippen molar-refractivity contribution in [2.24, 2.45) is 0 Å². The van der Waals surface area contributed by atoms with Crippen molar-refractivity contribution in [3.05, 3.63) is 48.7 Å². The fourth-order valence-electron chi connectivity index (χ4n) is 3.29. The number of ether oxygens (including phenoxy) is 1. The van der Waals surface area contributed by atoms with E-state index in [2.05, 4.69) is 42.0 Å². The highest BCUT2D eigenvalue weighted by atomic mass is 16.5. The van der Waals surface area contributed by atoms with Crippen LogP contribution in [-0.2, 0) is 0 Å². The van der Waals surface area contributed by atoms with E-state index in [1.165, 1.54) is 0 Å². The topological polar surface area (TPSA) is 121 Å². The minimum absolute atomic E-state index is 0.0229. The van der Waals surface area contributed by atoms with Crippen LogP contribution < -0.4 is 20.7 Å². The van der Waals surface area contributed by atoms with Gasteiger partial charge in [0.05, 0.1) is 11.9 Å². The number of rotatable bonds is 6. The number of nitriles is 1. The Bertz CT molecular complexity index is 1040. The summed E-state index contributed by atoms with van der Waals surface area (Å²) in [7, 11) is 1.81. The molecular weight excluding hydrogens is 380 g/mol. The van der Waals surface area contributed by atoms with Gasteiger partial charge in [0.15, 0.2) is 11.4 Å². The molecule has 4 rings (SSSR count). The summed E-state index contributed by atoms with van der Waals surface area (Å²) in [4.78, 5) is 17.2. The first-order valence-corrected chi connectivity index (χ1v) is 9.76. The van der Waals surface area contributed by atoms with Gasteiger partial charge in [-0.2, -0.15) is 10.2 Å². The van der Waals surface area contributed by atoms with E-state index in [0.717, 1.165) is 37.1 Å². The highest BCUT2D eigenvalue weighted by molar-refractivity contribution is 5.75. The van der Waals surface area contributed by atoms with Crippen LogP contribution in [0.1, 0.15) is 18.5 Å². The molecule has 9 nitrogen and oxygen atoms in total. The summed E-state index contributed by atoms with van der Waals surface area (Å²) in [6.07, 6.45) is 8.79. The Labute approximate surface area is 174 Å².